The van der Waals surface area contributed by atoms with Crippen LogP contribution < -0.4 is 10.5 Å². The second-order valence-corrected chi connectivity index (χ2v) is 8.06. The predicted molar refractivity (Wildman–Crippen MR) is 114 cm³/mol. The molecule has 3 heterocycles. The van der Waals surface area contributed by atoms with Gasteiger partial charge in [-0.1, -0.05) is 35.4 Å². The van der Waals surface area contributed by atoms with Gasteiger partial charge in [0.25, 0.3) is 0 Å². The molecule has 3 N–H and O–H groups in total. The van der Waals surface area contributed by atoms with Crippen LogP contribution in [-0.4, -0.2) is 68.3 Å². The van der Waals surface area contributed by atoms with Crippen LogP contribution in [0.2, 0.25) is 0 Å². The van der Waals surface area contributed by atoms with Gasteiger partial charge in [0.2, 0.25) is 11.8 Å². The van der Waals surface area contributed by atoms with Crippen LogP contribution in [0.25, 0.3) is 21.6 Å². The van der Waals surface area contributed by atoms with Crippen LogP contribution in [0.15, 0.2) is 41.8 Å². The molecule has 2 unspecified atom stereocenters. The molecule has 0 bridgehead atoms. The second-order valence-electron chi connectivity index (χ2n) is 8.06. The minimum absolute atomic E-state index is 0.0743. The SMILES string of the molecule is COCC(F)(F)O[C@H]1[C@H](n2cnc3c(OCc4ccccc4)nc(N)nc32)O[C@@H]2C(O)C21N=[N+]=[N-]. The Morgan fingerprint density at radius 2 is 2.11 bits per heavy atom. The number of nitrogen functional groups attached to an aromatic ring is 1. The highest BCUT2D eigenvalue weighted by molar-refractivity contribution is 5.77. The number of halogens is 2. The Bertz CT molecular complexity index is 1290. The Kier molecular flexibility index (Phi) is 5.65. The Hall–Kier alpha value is -3.62. The highest BCUT2D eigenvalue weighted by atomic mass is 19.3. The van der Waals surface area contributed by atoms with Crippen LogP contribution in [0, 0.1) is 0 Å². The third-order valence-electron chi connectivity index (χ3n) is 5.84. The van der Waals surface area contributed by atoms with Gasteiger partial charge in [0.1, 0.15) is 31.0 Å². The van der Waals surface area contributed by atoms with Crippen molar-refractivity contribution in [2.45, 2.75) is 42.8 Å². The van der Waals surface area contributed by atoms with E-state index in [-0.39, 0.29) is 29.6 Å². The van der Waals surface area contributed by atoms with Crippen LogP contribution in [0.5, 0.6) is 5.88 Å². The van der Waals surface area contributed by atoms with E-state index in [1.165, 1.54) is 10.9 Å². The largest absolute Gasteiger partial charge is 0.471 e. The standard InChI is InChI=1S/C20H20F2N8O5/c1-32-8-19(21,22)35-14-17(34-13-12(31)20(13,14)28-29-24)30-9-25-11-15(30)26-18(23)27-16(11)33-7-10-5-3-2-4-6-10/h2-6,9,12-14,17,31H,7-8H2,1H3,(H2,23,26,27)/t12?,13-,14+,17-,20?/m1/s1. The molecule has 184 valence electrons. The first-order chi connectivity index (χ1) is 16.8. The summed E-state index contributed by atoms with van der Waals surface area (Å²) in [4.78, 5) is 15.2. The van der Waals surface area contributed by atoms with Crippen molar-refractivity contribution in [3.05, 3.63) is 52.7 Å². The molecule has 15 heteroatoms. The molecule has 2 aliphatic rings. The smallest absolute Gasteiger partial charge is 0.379 e. The summed E-state index contributed by atoms with van der Waals surface area (Å²) in [5.41, 5.74) is 14.3. The topological polar surface area (TPSA) is 176 Å². The van der Waals surface area contributed by atoms with Gasteiger partial charge in [0, 0.05) is 12.0 Å². The van der Waals surface area contributed by atoms with E-state index in [1.807, 2.05) is 30.3 Å². The van der Waals surface area contributed by atoms with Crippen LogP contribution in [0.1, 0.15) is 11.8 Å². The lowest BCUT2D eigenvalue weighted by Crippen LogP contribution is -2.44. The lowest BCUT2D eigenvalue weighted by atomic mass is 10.1. The maximum atomic E-state index is 14.4. The number of anilines is 1. The van der Waals surface area contributed by atoms with E-state index in [0.29, 0.717) is 0 Å². The molecule has 2 fully saturated rings. The number of hydrogen-bond acceptors (Lipinski definition) is 10. The zero-order chi connectivity index (χ0) is 24.8. The highest BCUT2D eigenvalue weighted by Gasteiger charge is 2.78. The Balaban J connectivity index is 1.51. The fourth-order valence-electron chi connectivity index (χ4n) is 4.23. The molecular weight excluding hydrogens is 470 g/mol. The maximum Gasteiger partial charge on any atom is 0.379 e. The van der Waals surface area contributed by atoms with E-state index in [0.717, 1.165) is 12.7 Å². The van der Waals surface area contributed by atoms with Crippen molar-refractivity contribution in [1.82, 2.24) is 19.5 Å². The zero-order valence-corrected chi connectivity index (χ0v) is 18.2. The number of imidazole rings is 1. The summed E-state index contributed by atoms with van der Waals surface area (Å²) in [5.74, 6) is -0.0809. The Morgan fingerprint density at radius 1 is 1.34 bits per heavy atom. The van der Waals surface area contributed by atoms with E-state index < -0.39 is 42.8 Å². The molecule has 2 aromatic heterocycles. The number of aliphatic hydroxyl groups is 1. The predicted octanol–water partition coefficient (Wildman–Crippen LogP) is 1.93. The number of aromatic nitrogens is 4. The number of hydrogen-bond donors (Lipinski definition) is 2. The van der Waals surface area contributed by atoms with Crippen molar-refractivity contribution in [1.29, 1.82) is 0 Å². The van der Waals surface area contributed by atoms with Gasteiger partial charge in [-0.15, -0.1) is 0 Å². The molecule has 1 saturated carbocycles. The minimum Gasteiger partial charge on any atom is -0.471 e. The Labute approximate surface area is 196 Å². The number of nitrogens with zero attached hydrogens (tertiary/aromatic N) is 7. The monoisotopic (exact) mass is 490 g/mol. The molecule has 1 aliphatic heterocycles. The quantitative estimate of drug-likeness (QED) is 0.258. The van der Waals surface area contributed by atoms with Gasteiger partial charge in [-0.25, -0.2) is 4.98 Å². The van der Waals surface area contributed by atoms with Gasteiger partial charge < -0.3 is 29.8 Å². The number of ether oxygens (including phenoxy) is 4. The summed E-state index contributed by atoms with van der Waals surface area (Å²) in [6.07, 6.45) is -7.81. The van der Waals surface area contributed by atoms with Gasteiger partial charge in [0.05, 0.1) is 12.4 Å². The van der Waals surface area contributed by atoms with Gasteiger partial charge in [-0.3, -0.25) is 4.57 Å². The van der Waals surface area contributed by atoms with Crippen LogP contribution in [-0.2, 0) is 20.8 Å². The molecule has 5 rings (SSSR count). The average molecular weight is 490 g/mol. The number of aliphatic hydroxyl groups excluding tert-OH is 1. The van der Waals surface area contributed by atoms with Crippen LogP contribution in [0.4, 0.5) is 14.7 Å². The summed E-state index contributed by atoms with van der Waals surface area (Å²) < 4.78 is 51.2. The number of alkyl halides is 2. The van der Waals surface area contributed by atoms with E-state index in [1.54, 1.807) is 0 Å². The first-order valence-corrected chi connectivity index (χ1v) is 10.4. The van der Waals surface area contributed by atoms with Gasteiger partial charge in [0.15, 0.2) is 17.4 Å². The zero-order valence-electron chi connectivity index (χ0n) is 18.2. The summed E-state index contributed by atoms with van der Waals surface area (Å²) in [6, 6.07) is 9.30. The van der Waals surface area contributed by atoms with Crippen molar-refractivity contribution in [3.8, 4) is 5.88 Å². The molecule has 1 aromatic carbocycles. The van der Waals surface area contributed by atoms with E-state index in [9.17, 15) is 13.9 Å². The van der Waals surface area contributed by atoms with E-state index in [4.69, 9.17) is 25.5 Å². The molecule has 1 saturated heterocycles. The fourth-order valence-corrected chi connectivity index (χ4v) is 4.23. The van der Waals surface area contributed by atoms with E-state index in [2.05, 4.69) is 29.7 Å². The molecule has 35 heavy (non-hydrogen) atoms. The summed E-state index contributed by atoms with van der Waals surface area (Å²) >= 11 is 0. The lowest BCUT2D eigenvalue weighted by Gasteiger charge is -2.30. The fraction of sp³-hybridized carbons (Fsp3) is 0.450. The summed E-state index contributed by atoms with van der Waals surface area (Å²) in [5, 5.41) is 13.8. The lowest BCUT2D eigenvalue weighted by molar-refractivity contribution is -0.300. The normalized spacial score (nSPS) is 27.4. The second kappa shape index (κ2) is 8.55. The first kappa shape index (κ1) is 23.1. The van der Waals surface area contributed by atoms with Crippen molar-refractivity contribution < 1.29 is 32.8 Å². The van der Waals surface area contributed by atoms with Crippen molar-refractivity contribution in [2.24, 2.45) is 5.11 Å². The van der Waals surface area contributed by atoms with Crippen molar-refractivity contribution >= 4 is 17.1 Å². The van der Waals surface area contributed by atoms with Crippen LogP contribution in [0.3, 0.4) is 0 Å². The number of fused-ring (bicyclic) bond motifs is 2. The number of nitrogens with two attached hydrogens (primary N) is 1. The number of methoxy groups -OCH3 is 1. The molecule has 0 radical (unpaired) electrons. The molecule has 0 amide bonds. The van der Waals surface area contributed by atoms with Crippen LogP contribution >= 0.6 is 0 Å². The number of azide groups is 1. The molecular formula is C20H20F2N8O5. The van der Waals surface area contributed by atoms with Crippen molar-refractivity contribution in [3.63, 3.8) is 0 Å². The third-order valence-corrected chi connectivity index (χ3v) is 5.84. The summed E-state index contributed by atoms with van der Waals surface area (Å²) in [6.45, 7) is -0.900. The molecule has 0 spiro atoms. The highest BCUT2D eigenvalue weighted by Crippen LogP contribution is 2.59. The maximum absolute atomic E-state index is 14.4. The molecule has 3 aromatic rings. The third kappa shape index (κ3) is 3.88. The molecule has 5 atom stereocenters. The van der Waals surface area contributed by atoms with Gasteiger partial charge in [-0.2, -0.15) is 18.7 Å². The molecule has 13 nitrogen and oxygen atoms in total. The van der Waals surface area contributed by atoms with Gasteiger partial charge in [-0.05, 0) is 11.1 Å². The van der Waals surface area contributed by atoms with E-state index >= 15 is 0 Å². The Morgan fingerprint density at radius 3 is 2.83 bits per heavy atom. The van der Waals surface area contributed by atoms with Crippen molar-refractivity contribution in [2.75, 3.05) is 19.5 Å². The van der Waals surface area contributed by atoms with Gasteiger partial charge >= 0.3 is 6.11 Å². The number of benzene rings is 1. The molecule has 1 aliphatic carbocycles. The number of rotatable bonds is 9. The summed E-state index contributed by atoms with van der Waals surface area (Å²) in [7, 11) is 1.08. The minimum atomic E-state index is -3.77. The average Bonchev–Trinajstić information content (AvgIpc) is 3.11. The first-order valence-electron chi connectivity index (χ1n) is 10.4.